The van der Waals surface area contributed by atoms with E-state index in [1.165, 1.54) is 6.08 Å². The standard InChI is InChI=1S/C34H42O22/c1-10(36)49-9-21-25(44)26(45)29(48)33(55-21)52-18-5-12(37)4-17-13(18)6-19(30(51-17)11-2-14(38)22(41)15(39)3-11)53-34-31(27(46)24(43)20(7-35)54-34)56-32-28(47)23(42)16(40)8-50-32/h2-6,16,20-21,23-35,37-48H,7-9H2,1H3. The number of esters is 1. The van der Waals surface area contributed by atoms with Crippen LogP contribution in [0.25, 0.3) is 6.08 Å². The first-order valence-electron chi connectivity index (χ1n) is 17.1. The zero-order valence-electron chi connectivity index (χ0n) is 29.2. The molecule has 4 aliphatic rings. The van der Waals surface area contributed by atoms with E-state index < -0.39 is 141 Å². The Kier molecular flexibility index (Phi) is 12.3. The van der Waals surface area contributed by atoms with Gasteiger partial charge in [-0.25, -0.2) is 0 Å². The highest BCUT2D eigenvalue weighted by Gasteiger charge is 2.51. The number of benzene rings is 2. The maximum absolute atomic E-state index is 11.4. The molecule has 22 heteroatoms. The maximum atomic E-state index is 11.4. The summed E-state index contributed by atoms with van der Waals surface area (Å²) in [5, 5.41) is 136. The SMILES string of the molecule is CC(=O)OCC1OC(Oc2cc(O)cc3c2C=C(OC2OC(CO)C(O)C(O)C2OC2OCC(O)C(O)C2O)C(c2cc(O)c(O)c(O)c2)O3)C(O)C(O)C1O. The summed E-state index contributed by atoms with van der Waals surface area (Å²) in [7, 11) is 0. The summed E-state index contributed by atoms with van der Waals surface area (Å²) >= 11 is 0. The van der Waals surface area contributed by atoms with Gasteiger partial charge in [0.15, 0.2) is 35.7 Å². The molecule has 3 saturated heterocycles. The van der Waals surface area contributed by atoms with E-state index in [-0.39, 0.29) is 28.4 Å². The molecule has 56 heavy (non-hydrogen) atoms. The molecule has 13 N–H and O–H groups in total. The van der Waals surface area contributed by atoms with Crippen molar-refractivity contribution in [2.24, 2.45) is 0 Å². The van der Waals surface area contributed by atoms with Crippen LogP contribution in [0.1, 0.15) is 24.2 Å². The van der Waals surface area contributed by atoms with Crippen LogP contribution < -0.4 is 9.47 Å². The molecule has 0 saturated carbocycles. The monoisotopic (exact) mass is 802 g/mol. The predicted octanol–water partition coefficient (Wildman–Crippen LogP) is -3.99. The molecule has 4 aliphatic heterocycles. The van der Waals surface area contributed by atoms with Gasteiger partial charge in [0.2, 0.25) is 12.6 Å². The summed E-state index contributed by atoms with van der Waals surface area (Å²) in [5.41, 5.74) is -0.183. The number of rotatable bonds is 10. The van der Waals surface area contributed by atoms with E-state index in [1.54, 1.807) is 0 Å². The van der Waals surface area contributed by atoms with Crippen LogP contribution in [0.4, 0.5) is 0 Å². The van der Waals surface area contributed by atoms with E-state index in [0.717, 1.165) is 31.2 Å². The molecule has 22 nitrogen and oxygen atoms in total. The molecule has 0 spiro atoms. The van der Waals surface area contributed by atoms with Crippen LogP contribution >= 0.6 is 0 Å². The van der Waals surface area contributed by atoms with Crippen molar-refractivity contribution in [3.8, 4) is 34.5 Å². The molecule has 2 aromatic rings. The molecule has 4 heterocycles. The van der Waals surface area contributed by atoms with Crippen molar-refractivity contribution in [3.05, 3.63) is 41.2 Å². The Bertz CT molecular complexity index is 1730. The number of carbonyl (C=O) groups excluding carboxylic acids is 1. The molecule has 6 rings (SSSR count). The van der Waals surface area contributed by atoms with Crippen molar-refractivity contribution in [2.45, 2.75) is 99.0 Å². The first-order valence-corrected chi connectivity index (χ1v) is 17.1. The van der Waals surface area contributed by atoms with Crippen LogP contribution in [0, 0.1) is 0 Å². The van der Waals surface area contributed by atoms with E-state index in [0.29, 0.717) is 0 Å². The van der Waals surface area contributed by atoms with Crippen molar-refractivity contribution in [1.29, 1.82) is 0 Å². The smallest absolute Gasteiger partial charge is 0.302 e. The van der Waals surface area contributed by atoms with Gasteiger partial charge in [-0.05, 0) is 18.2 Å². The van der Waals surface area contributed by atoms with Crippen LogP contribution in [0.5, 0.6) is 34.5 Å². The number of hydrogen-bond acceptors (Lipinski definition) is 22. The van der Waals surface area contributed by atoms with Gasteiger partial charge in [-0.15, -0.1) is 0 Å². The Hall–Kier alpha value is -4.27. The molecule has 0 amide bonds. The molecule has 0 aliphatic carbocycles. The first kappa shape index (κ1) is 41.4. The number of hydrogen-bond donors (Lipinski definition) is 13. The van der Waals surface area contributed by atoms with E-state index in [9.17, 15) is 71.2 Å². The van der Waals surface area contributed by atoms with Gasteiger partial charge in [0, 0.05) is 24.6 Å². The average molecular weight is 803 g/mol. The fourth-order valence-electron chi connectivity index (χ4n) is 6.39. The van der Waals surface area contributed by atoms with Crippen LogP contribution in [0.15, 0.2) is 30.0 Å². The number of carbonyl (C=O) groups is 1. The van der Waals surface area contributed by atoms with Crippen LogP contribution in [-0.2, 0) is 33.2 Å². The minimum Gasteiger partial charge on any atom is -0.508 e. The van der Waals surface area contributed by atoms with Crippen molar-refractivity contribution in [2.75, 3.05) is 19.8 Å². The fourth-order valence-corrected chi connectivity index (χ4v) is 6.39. The molecule has 15 atom stereocenters. The number of phenols is 4. The average Bonchev–Trinajstić information content (AvgIpc) is 3.15. The van der Waals surface area contributed by atoms with Gasteiger partial charge < -0.3 is 104 Å². The summed E-state index contributed by atoms with van der Waals surface area (Å²) in [6, 6.07) is 4.10. The highest BCUT2D eigenvalue weighted by Crippen LogP contribution is 2.48. The van der Waals surface area contributed by atoms with Gasteiger partial charge in [0.25, 0.3) is 0 Å². The lowest BCUT2D eigenvalue weighted by Crippen LogP contribution is -2.63. The second kappa shape index (κ2) is 16.7. The van der Waals surface area contributed by atoms with E-state index in [1.807, 2.05) is 0 Å². The Morgan fingerprint density at radius 1 is 0.750 bits per heavy atom. The lowest BCUT2D eigenvalue weighted by Gasteiger charge is -2.45. The molecule has 3 fully saturated rings. The van der Waals surface area contributed by atoms with Gasteiger partial charge in [-0.3, -0.25) is 4.79 Å². The largest absolute Gasteiger partial charge is 0.508 e. The number of fused-ring (bicyclic) bond motifs is 1. The Morgan fingerprint density at radius 3 is 2.05 bits per heavy atom. The molecular formula is C34H42O22. The molecule has 310 valence electrons. The minimum atomic E-state index is -1.94. The number of phenolic OH excluding ortho intramolecular Hbond substituents is 4. The lowest BCUT2D eigenvalue weighted by atomic mass is 9.97. The van der Waals surface area contributed by atoms with E-state index in [4.69, 9.17) is 37.9 Å². The lowest BCUT2D eigenvalue weighted by molar-refractivity contribution is -0.352. The Balaban J connectivity index is 1.40. The normalized spacial score (nSPS) is 37.1. The molecular weight excluding hydrogens is 760 g/mol. The number of aliphatic hydroxyl groups excluding tert-OH is 9. The second-order valence-electron chi connectivity index (χ2n) is 13.4. The summed E-state index contributed by atoms with van der Waals surface area (Å²) in [5.74, 6) is -4.56. The van der Waals surface area contributed by atoms with E-state index >= 15 is 0 Å². The Labute approximate surface area is 315 Å². The van der Waals surface area contributed by atoms with Crippen molar-refractivity contribution in [3.63, 3.8) is 0 Å². The maximum Gasteiger partial charge on any atom is 0.302 e. The summed E-state index contributed by atoms with van der Waals surface area (Å²) in [6.45, 7) is -0.827. The summed E-state index contributed by atoms with van der Waals surface area (Å²) in [6.07, 6.45) is -24.8. The summed E-state index contributed by atoms with van der Waals surface area (Å²) in [4.78, 5) is 11.4. The zero-order valence-corrected chi connectivity index (χ0v) is 29.2. The number of aromatic hydroxyl groups is 4. The van der Waals surface area contributed by atoms with Crippen LogP contribution in [0.2, 0.25) is 0 Å². The molecule has 0 aromatic heterocycles. The highest BCUT2D eigenvalue weighted by molar-refractivity contribution is 5.70. The molecule has 0 radical (unpaired) electrons. The van der Waals surface area contributed by atoms with Gasteiger partial charge in [0.05, 0.1) is 18.8 Å². The van der Waals surface area contributed by atoms with Gasteiger partial charge >= 0.3 is 5.97 Å². The molecule has 15 unspecified atom stereocenters. The van der Waals surface area contributed by atoms with Crippen LogP contribution in [0.3, 0.4) is 0 Å². The first-order chi connectivity index (χ1) is 26.5. The van der Waals surface area contributed by atoms with Crippen LogP contribution in [-0.4, -0.2) is 178 Å². The highest BCUT2D eigenvalue weighted by atomic mass is 16.8. The molecule has 0 bridgehead atoms. The zero-order chi connectivity index (χ0) is 40.7. The third-order valence-corrected chi connectivity index (χ3v) is 9.46. The van der Waals surface area contributed by atoms with Crippen molar-refractivity contribution < 1.29 is 109 Å². The molecule has 2 aromatic carbocycles. The van der Waals surface area contributed by atoms with E-state index in [2.05, 4.69) is 0 Å². The van der Waals surface area contributed by atoms with Crippen molar-refractivity contribution in [1.82, 2.24) is 0 Å². The third-order valence-electron chi connectivity index (χ3n) is 9.46. The quantitative estimate of drug-likeness (QED) is 0.0804. The predicted molar refractivity (Wildman–Crippen MR) is 176 cm³/mol. The number of ether oxygens (including phenoxy) is 8. The van der Waals surface area contributed by atoms with Gasteiger partial charge in [0.1, 0.15) is 90.7 Å². The van der Waals surface area contributed by atoms with Crippen molar-refractivity contribution >= 4 is 12.0 Å². The second-order valence-corrected chi connectivity index (χ2v) is 13.4. The van der Waals surface area contributed by atoms with Gasteiger partial charge in [-0.1, -0.05) is 0 Å². The number of aliphatic hydroxyl groups is 9. The summed E-state index contributed by atoms with van der Waals surface area (Å²) < 4.78 is 45.4. The minimum absolute atomic E-state index is 0.0788. The fraction of sp³-hybridized carbons (Fsp3) is 0.559. The Morgan fingerprint density at radius 2 is 1.39 bits per heavy atom. The topological polar surface area (TPSA) is 354 Å². The third kappa shape index (κ3) is 8.24. The van der Waals surface area contributed by atoms with Gasteiger partial charge in [-0.2, -0.15) is 0 Å².